The summed E-state index contributed by atoms with van der Waals surface area (Å²) in [6.45, 7) is 0. The Kier molecular flexibility index (Phi) is 4.55. The van der Waals surface area contributed by atoms with Crippen LogP contribution in [0.1, 0.15) is 16.5 Å². The standard InChI is InChI=1S/C13H10ClF3N2OS/c14-9-4-3-7(6-8(9)13(15,16)17)19-12(20)11(18)10-2-1-5-21-10/h1-6,11H,18H2,(H,19,20). The van der Waals surface area contributed by atoms with Crippen molar-refractivity contribution in [2.45, 2.75) is 12.2 Å². The van der Waals surface area contributed by atoms with E-state index in [0.717, 1.165) is 12.1 Å². The largest absolute Gasteiger partial charge is 0.417 e. The second kappa shape index (κ2) is 6.05. The molecule has 1 heterocycles. The van der Waals surface area contributed by atoms with Gasteiger partial charge in [-0.3, -0.25) is 4.79 Å². The average molecular weight is 335 g/mol. The van der Waals surface area contributed by atoms with Gasteiger partial charge in [0.05, 0.1) is 10.6 Å². The number of hydrogen-bond donors (Lipinski definition) is 2. The van der Waals surface area contributed by atoms with Crippen molar-refractivity contribution < 1.29 is 18.0 Å². The number of nitrogens with two attached hydrogens (primary N) is 1. The molecule has 0 bridgehead atoms. The maximum Gasteiger partial charge on any atom is 0.417 e. The lowest BCUT2D eigenvalue weighted by Crippen LogP contribution is -2.27. The Morgan fingerprint density at radius 3 is 2.62 bits per heavy atom. The van der Waals surface area contributed by atoms with Gasteiger partial charge >= 0.3 is 6.18 Å². The van der Waals surface area contributed by atoms with Crippen LogP contribution in [0.25, 0.3) is 0 Å². The second-order valence-electron chi connectivity index (χ2n) is 4.17. The van der Waals surface area contributed by atoms with Crippen molar-refractivity contribution in [3.8, 4) is 0 Å². The lowest BCUT2D eigenvalue weighted by atomic mass is 10.1. The molecule has 8 heteroatoms. The molecule has 1 amide bonds. The molecule has 0 radical (unpaired) electrons. The Hall–Kier alpha value is -1.57. The van der Waals surface area contributed by atoms with Crippen LogP contribution in [0.3, 0.4) is 0 Å². The van der Waals surface area contributed by atoms with Crippen LogP contribution < -0.4 is 11.1 Å². The first kappa shape index (κ1) is 15.8. The van der Waals surface area contributed by atoms with Gasteiger partial charge in [0.25, 0.3) is 0 Å². The molecule has 0 aliphatic rings. The summed E-state index contributed by atoms with van der Waals surface area (Å²) >= 11 is 6.80. The van der Waals surface area contributed by atoms with Gasteiger partial charge in [-0.1, -0.05) is 17.7 Å². The fourth-order valence-corrected chi connectivity index (χ4v) is 2.59. The molecule has 1 aromatic heterocycles. The maximum absolute atomic E-state index is 12.7. The van der Waals surface area contributed by atoms with Crippen molar-refractivity contribution in [2.24, 2.45) is 5.73 Å². The molecule has 3 nitrogen and oxygen atoms in total. The summed E-state index contributed by atoms with van der Waals surface area (Å²) in [6.07, 6.45) is -4.59. The lowest BCUT2D eigenvalue weighted by molar-refractivity contribution is -0.137. The van der Waals surface area contributed by atoms with E-state index in [4.69, 9.17) is 17.3 Å². The number of rotatable bonds is 3. The van der Waals surface area contributed by atoms with Gasteiger partial charge < -0.3 is 11.1 Å². The summed E-state index contributed by atoms with van der Waals surface area (Å²) in [5.41, 5.74) is 4.72. The molecule has 0 spiro atoms. The zero-order chi connectivity index (χ0) is 15.6. The maximum atomic E-state index is 12.7. The number of carbonyl (C=O) groups is 1. The quantitative estimate of drug-likeness (QED) is 0.889. The van der Waals surface area contributed by atoms with Crippen LogP contribution in [-0.4, -0.2) is 5.91 Å². The molecular formula is C13H10ClF3N2OS. The minimum Gasteiger partial charge on any atom is -0.324 e. The molecule has 0 aliphatic heterocycles. The van der Waals surface area contributed by atoms with E-state index in [9.17, 15) is 18.0 Å². The SMILES string of the molecule is NC(C(=O)Nc1ccc(Cl)c(C(F)(F)F)c1)c1cccs1. The predicted molar refractivity (Wildman–Crippen MR) is 76.3 cm³/mol. The zero-order valence-electron chi connectivity index (χ0n) is 10.4. The Balaban J connectivity index is 2.18. The molecule has 2 aromatic rings. The Morgan fingerprint density at radius 1 is 1.33 bits per heavy atom. The normalized spacial score (nSPS) is 13.0. The van der Waals surface area contributed by atoms with Gasteiger partial charge in [0, 0.05) is 10.6 Å². The van der Waals surface area contributed by atoms with E-state index in [2.05, 4.69) is 5.32 Å². The molecule has 1 aromatic carbocycles. The van der Waals surface area contributed by atoms with E-state index >= 15 is 0 Å². The zero-order valence-corrected chi connectivity index (χ0v) is 12.0. The number of anilines is 1. The molecule has 1 unspecified atom stereocenters. The minimum atomic E-state index is -4.59. The molecule has 0 fully saturated rings. The van der Waals surface area contributed by atoms with Crippen molar-refractivity contribution in [2.75, 3.05) is 5.32 Å². The van der Waals surface area contributed by atoms with Crippen LogP contribution in [0.2, 0.25) is 5.02 Å². The summed E-state index contributed by atoms with van der Waals surface area (Å²) in [7, 11) is 0. The molecule has 0 aliphatic carbocycles. The lowest BCUT2D eigenvalue weighted by Gasteiger charge is -2.14. The monoisotopic (exact) mass is 334 g/mol. The van der Waals surface area contributed by atoms with Crippen LogP contribution in [0, 0.1) is 0 Å². The van der Waals surface area contributed by atoms with Crippen LogP contribution in [-0.2, 0) is 11.0 Å². The Bertz CT molecular complexity index is 643. The summed E-state index contributed by atoms with van der Waals surface area (Å²) in [5, 5.41) is 3.68. The third kappa shape index (κ3) is 3.75. The highest BCUT2D eigenvalue weighted by atomic mass is 35.5. The number of benzene rings is 1. The van der Waals surface area contributed by atoms with Gasteiger partial charge in [0.2, 0.25) is 5.91 Å². The van der Waals surface area contributed by atoms with Crippen molar-refractivity contribution in [3.05, 3.63) is 51.2 Å². The van der Waals surface area contributed by atoms with Crippen molar-refractivity contribution in [1.29, 1.82) is 0 Å². The highest BCUT2D eigenvalue weighted by molar-refractivity contribution is 7.10. The number of alkyl halides is 3. The van der Waals surface area contributed by atoms with Crippen LogP contribution in [0.4, 0.5) is 18.9 Å². The number of carbonyl (C=O) groups excluding carboxylic acids is 1. The Morgan fingerprint density at radius 2 is 2.05 bits per heavy atom. The topological polar surface area (TPSA) is 55.1 Å². The number of thiophene rings is 1. The van der Waals surface area contributed by atoms with E-state index in [1.807, 2.05) is 0 Å². The highest BCUT2D eigenvalue weighted by Gasteiger charge is 2.33. The fourth-order valence-electron chi connectivity index (χ4n) is 1.64. The van der Waals surface area contributed by atoms with Gasteiger partial charge in [-0.15, -0.1) is 11.3 Å². The van der Waals surface area contributed by atoms with Crippen LogP contribution >= 0.6 is 22.9 Å². The van der Waals surface area contributed by atoms with Crippen molar-refractivity contribution in [3.63, 3.8) is 0 Å². The smallest absolute Gasteiger partial charge is 0.324 e. The van der Waals surface area contributed by atoms with Crippen LogP contribution in [0.5, 0.6) is 0 Å². The number of amides is 1. The van der Waals surface area contributed by atoms with Crippen molar-refractivity contribution in [1.82, 2.24) is 0 Å². The Labute approximate surface area is 127 Å². The van der Waals surface area contributed by atoms with Gasteiger partial charge in [-0.05, 0) is 29.6 Å². The molecule has 0 saturated carbocycles. The van der Waals surface area contributed by atoms with E-state index < -0.39 is 28.7 Å². The third-order valence-electron chi connectivity index (χ3n) is 2.67. The minimum absolute atomic E-state index is 0.0104. The average Bonchev–Trinajstić information content (AvgIpc) is 2.92. The van der Waals surface area contributed by atoms with Gasteiger partial charge in [0.1, 0.15) is 6.04 Å². The molecular weight excluding hydrogens is 325 g/mol. The van der Waals surface area contributed by atoms with E-state index in [-0.39, 0.29) is 5.69 Å². The van der Waals surface area contributed by atoms with Gasteiger partial charge in [-0.25, -0.2) is 0 Å². The molecule has 1 atom stereocenters. The predicted octanol–water partition coefficient (Wildman–Crippen LogP) is 4.06. The number of nitrogens with one attached hydrogen (secondary N) is 1. The fraction of sp³-hybridized carbons (Fsp3) is 0.154. The third-order valence-corrected chi connectivity index (χ3v) is 3.96. The van der Waals surface area contributed by atoms with E-state index in [1.165, 1.54) is 17.4 Å². The summed E-state index contributed by atoms with van der Waals surface area (Å²) in [5.74, 6) is -0.590. The highest BCUT2D eigenvalue weighted by Crippen LogP contribution is 2.36. The van der Waals surface area contributed by atoms with Crippen LogP contribution in [0.15, 0.2) is 35.7 Å². The van der Waals surface area contributed by atoms with E-state index in [1.54, 1.807) is 17.5 Å². The summed E-state index contributed by atoms with van der Waals surface area (Å²) in [4.78, 5) is 12.5. The molecule has 0 saturated heterocycles. The summed E-state index contributed by atoms with van der Waals surface area (Å²) in [6, 6.07) is 5.62. The molecule has 3 N–H and O–H groups in total. The number of hydrogen-bond acceptors (Lipinski definition) is 3. The molecule has 21 heavy (non-hydrogen) atoms. The van der Waals surface area contributed by atoms with Crippen molar-refractivity contribution >= 4 is 34.5 Å². The first-order valence-corrected chi connectivity index (χ1v) is 7.01. The summed E-state index contributed by atoms with van der Waals surface area (Å²) < 4.78 is 38.2. The molecule has 112 valence electrons. The van der Waals surface area contributed by atoms with Gasteiger partial charge in [-0.2, -0.15) is 13.2 Å². The van der Waals surface area contributed by atoms with Gasteiger partial charge in [0.15, 0.2) is 0 Å². The first-order valence-electron chi connectivity index (χ1n) is 5.75. The second-order valence-corrected chi connectivity index (χ2v) is 5.56. The number of halogens is 4. The first-order chi connectivity index (χ1) is 9.79. The van der Waals surface area contributed by atoms with E-state index in [0.29, 0.717) is 4.88 Å². The molecule has 2 rings (SSSR count).